The first kappa shape index (κ1) is 65.8. The largest absolute Gasteiger partial charge is 2.00 e. The Labute approximate surface area is 300 Å². The Balaban J connectivity index is -0.0000000888. The molecule has 31 heteroatoms. The standard InChI is InChI=1S/2C10H15.Co.6FH2O3P/c2*1-7-6-10(4,5)9(3)8(7)2;;6*1-5(2,3)4/h2*1-5H3;;6*(H2,2,3,4)/q2*-1;+2;;;;;;. The summed E-state index contributed by atoms with van der Waals surface area (Å²) in [6.07, 6.45) is 6.87. The topological polar surface area (TPSA) is 345 Å². The predicted molar refractivity (Wildman–Crippen MR) is 168 cm³/mol. The Morgan fingerprint density at radius 2 is 0.490 bits per heavy atom. The Hall–Kier alpha value is -0.0535. The van der Waals surface area contributed by atoms with E-state index in [4.69, 9.17) is 86.1 Å². The van der Waals surface area contributed by atoms with Crippen LogP contribution in [0.15, 0.2) is 33.4 Å². The third kappa shape index (κ3) is 79.7. The molecule has 18 nitrogen and oxygen atoms in total. The normalized spacial score (nSPS) is 16.2. The molecule has 0 atom stereocenters. The van der Waals surface area contributed by atoms with E-state index in [1.165, 1.54) is 33.4 Å². The van der Waals surface area contributed by atoms with Gasteiger partial charge in [0.15, 0.2) is 0 Å². The molecular weight excluding hydrogens is 887 g/mol. The summed E-state index contributed by atoms with van der Waals surface area (Å²) >= 11 is 0. The van der Waals surface area contributed by atoms with Crippen LogP contribution in [0, 0.1) is 23.0 Å². The van der Waals surface area contributed by atoms with Crippen LogP contribution in [0.1, 0.15) is 69.2 Å². The maximum absolute atomic E-state index is 10.4. The molecule has 0 aliphatic heterocycles. The number of hydrogen-bond donors (Lipinski definition) is 12. The van der Waals surface area contributed by atoms with Gasteiger partial charge in [-0.05, 0) is 0 Å². The van der Waals surface area contributed by atoms with Gasteiger partial charge in [-0.3, -0.25) is 70.9 Å². The van der Waals surface area contributed by atoms with E-state index in [0.29, 0.717) is 0 Å². The second kappa shape index (κ2) is 25.9. The van der Waals surface area contributed by atoms with E-state index in [2.05, 4.69) is 81.4 Å². The van der Waals surface area contributed by atoms with E-state index < -0.39 is 47.4 Å². The average Bonchev–Trinajstić information content (AvgIpc) is 2.97. The maximum Gasteiger partial charge on any atom is 2.00 e. The molecule has 2 aliphatic carbocycles. The summed E-state index contributed by atoms with van der Waals surface area (Å²) in [5.74, 6) is 0. The van der Waals surface area contributed by atoms with Gasteiger partial charge >= 0.3 is 64.2 Å². The summed E-state index contributed by atoms with van der Waals surface area (Å²) in [7, 11) is -30.8. The molecule has 0 bridgehead atoms. The number of rotatable bonds is 0. The van der Waals surface area contributed by atoms with E-state index in [0.717, 1.165) is 0 Å². The van der Waals surface area contributed by atoms with E-state index in [1.807, 2.05) is 0 Å². The van der Waals surface area contributed by atoms with Crippen LogP contribution in [-0.2, 0) is 44.2 Å². The first-order valence-corrected chi connectivity index (χ1v) is 21.0. The zero-order valence-corrected chi connectivity index (χ0v) is 34.5. The fourth-order valence-corrected chi connectivity index (χ4v) is 2.81. The van der Waals surface area contributed by atoms with Crippen LogP contribution in [0.25, 0.3) is 0 Å². The van der Waals surface area contributed by atoms with Gasteiger partial charge in [-0.1, -0.05) is 66.2 Å². The summed E-state index contributed by atoms with van der Waals surface area (Å²) in [6.45, 7) is 21.8. The summed E-state index contributed by atoms with van der Waals surface area (Å²) in [4.78, 5) is 83.6. The number of halogens is 6. The zero-order valence-electron chi connectivity index (χ0n) is 28.1. The van der Waals surface area contributed by atoms with Gasteiger partial charge in [0.25, 0.3) is 0 Å². The van der Waals surface area contributed by atoms with Gasteiger partial charge in [-0.15, -0.1) is 39.0 Å². The molecule has 0 unspecified atom stereocenters. The summed E-state index contributed by atoms with van der Waals surface area (Å²) in [5.41, 5.74) is 8.79. The smallest absolute Gasteiger partial charge is 0.299 e. The second-order valence-electron chi connectivity index (χ2n) is 10.1. The van der Waals surface area contributed by atoms with Gasteiger partial charge in [0.05, 0.1) is 0 Å². The Kier molecular flexibility index (Phi) is 33.4. The maximum atomic E-state index is 10.4. The minimum atomic E-state index is -5.14. The minimum absolute atomic E-state index is 0. The van der Waals surface area contributed by atoms with E-state index >= 15 is 0 Å². The first-order valence-electron chi connectivity index (χ1n) is 12.0. The summed E-state index contributed by atoms with van der Waals surface area (Å²) in [6, 6.07) is 0. The molecule has 0 saturated heterocycles. The SMILES string of the molecule is CC1=[C-]C(C)(C)C(C)=C1C.CC1=[C-]C(C)(C)C(C)=C1C.O=P(O)(O)F.O=P(O)(O)F.O=P(O)(O)F.O=P(O)(O)F.O=P(O)(O)F.O=P(O)(O)F.[Co+2]. The van der Waals surface area contributed by atoms with Crippen molar-refractivity contribution in [3.63, 3.8) is 0 Å². The molecule has 1 radical (unpaired) electrons. The molecule has 0 aromatic carbocycles. The molecule has 0 amide bonds. The van der Waals surface area contributed by atoms with E-state index in [1.54, 1.807) is 0 Å². The van der Waals surface area contributed by atoms with Crippen molar-refractivity contribution in [2.24, 2.45) is 10.8 Å². The van der Waals surface area contributed by atoms with Crippen molar-refractivity contribution >= 4 is 47.4 Å². The number of allylic oxidation sites excluding steroid dienone is 8. The Morgan fingerprint density at radius 1 is 0.392 bits per heavy atom. The molecule has 12 N–H and O–H groups in total. The zero-order chi connectivity index (χ0) is 42.9. The average molecular weight is 929 g/mol. The molecule has 0 spiro atoms. The van der Waals surface area contributed by atoms with Crippen molar-refractivity contribution in [1.29, 1.82) is 0 Å². The van der Waals surface area contributed by atoms with Gasteiger partial charge in [0.2, 0.25) is 0 Å². The number of hydrogen-bond acceptors (Lipinski definition) is 6. The molecule has 0 saturated carbocycles. The molecule has 2 rings (SSSR count). The van der Waals surface area contributed by atoms with Crippen LogP contribution in [0.3, 0.4) is 0 Å². The van der Waals surface area contributed by atoms with Crippen LogP contribution in [-0.4, -0.2) is 58.7 Å². The Morgan fingerprint density at radius 3 is 0.510 bits per heavy atom. The van der Waals surface area contributed by atoms with Gasteiger partial charge < -0.3 is 0 Å². The monoisotopic (exact) mass is 929 g/mol. The summed E-state index contributed by atoms with van der Waals surface area (Å²) in [5, 5.41) is 0. The summed E-state index contributed by atoms with van der Waals surface area (Å²) < 4.78 is 114. The van der Waals surface area contributed by atoms with Crippen LogP contribution in [0.5, 0.6) is 0 Å². The van der Waals surface area contributed by atoms with Crippen LogP contribution >= 0.6 is 47.4 Å². The van der Waals surface area contributed by atoms with Crippen molar-refractivity contribution in [2.75, 3.05) is 0 Å². The van der Waals surface area contributed by atoms with Crippen LogP contribution in [0.2, 0.25) is 0 Å². The van der Waals surface area contributed by atoms with E-state index in [9.17, 15) is 25.2 Å². The first-order chi connectivity index (χ1) is 20.9. The Bertz CT molecular complexity index is 1230. The van der Waals surface area contributed by atoms with Crippen molar-refractivity contribution in [3.05, 3.63) is 45.6 Å². The van der Waals surface area contributed by atoms with E-state index in [-0.39, 0.29) is 27.6 Å². The van der Waals surface area contributed by atoms with Crippen molar-refractivity contribution in [3.8, 4) is 0 Å². The predicted octanol–water partition coefficient (Wildman–Crippen LogP) is 6.51. The third-order valence-electron chi connectivity index (χ3n) is 5.12. The van der Waals surface area contributed by atoms with Crippen LogP contribution < -0.4 is 0 Å². The van der Waals surface area contributed by atoms with Gasteiger partial charge in [-0.2, -0.15) is 22.3 Å². The van der Waals surface area contributed by atoms with Crippen molar-refractivity contribution in [2.45, 2.75) is 69.2 Å². The fraction of sp³-hybridized carbons (Fsp3) is 0.600. The van der Waals surface area contributed by atoms with Crippen molar-refractivity contribution in [1.82, 2.24) is 0 Å². The molecule has 51 heavy (non-hydrogen) atoms. The minimum Gasteiger partial charge on any atom is -0.299 e. The fourth-order valence-electron chi connectivity index (χ4n) is 2.81. The van der Waals surface area contributed by atoms with Gasteiger partial charge in [0.1, 0.15) is 0 Å². The molecule has 0 aromatic heterocycles. The molecule has 2 aliphatic rings. The van der Waals surface area contributed by atoms with Crippen LogP contribution in [0.4, 0.5) is 25.2 Å². The molecular formula is C20H42CoF6O18P6. The van der Waals surface area contributed by atoms with Gasteiger partial charge in [0, 0.05) is 0 Å². The molecule has 311 valence electrons. The molecule has 0 fully saturated rings. The third-order valence-corrected chi connectivity index (χ3v) is 5.12. The van der Waals surface area contributed by atoms with Crippen molar-refractivity contribution < 1.29 is 128 Å². The second-order valence-corrected chi connectivity index (χ2v) is 15.8. The quantitative estimate of drug-likeness (QED) is 0.0699. The molecule has 0 heterocycles. The van der Waals surface area contributed by atoms with Gasteiger partial charge in [-0.25, -0.2) is 38.5 Å². The molecule has 0 aromatic rings.